The predicted octanol–water partition coefficient (Wildman–Crippen LogP) is 2.10. The van der Waals surface area contributed by atoms with E-state index in [9.17, 15) is 14.0 Å². The highest BCUT2D eigenvalue weighted by Gasteiger charge is 2.28. The fourth-order valence-electron chi connectivity index (χ4n) is 3.57. The lowest BCUT2D eigenvalue weighted by atomic mass is 9.94. The molecule has 8 nitrogen and oxygen atoms in total. The maximum atomic E-state index is 13.9. The van der Waals surface area contributed by atoms with Crippen LogP contribution in [-0.4, -0.2) is 40.5 Å². The molecule has 2 unspecified atom stereocenters. The van der Waals surface area contributed by atoms with Crippen LogP contribution in [0.4, 0.5) is 4.39 Å². The Bertz CT molecular complexity index is 1130. The van der Waals surface area contributed by atoms with Crippen molar-refractivity contribution in [3.05, 3.63) is 73.9 Å². The van der Waals surface area contributed by atoms with Gasteiger partial charge in [-0.3, -0.25) is 14.3 Å². The van der Waals surface area contributed by atoms with E-state index in [-0.39, 0.29) is 40.7 Å². The summed E-state index contributed by atoms with van der Waals surface area (Å²) in [6.45, 7) is 2.21. The van der Waals surface area contributed by atoms with Crippen molar-refractivity contribution < 1.29 is 13.7 Å². The molecule has 2 aliphatic rings. The number of H-pyrrole nitrogens is 1. The van der Waals surface area contributed by atoms with E-state index in [4.69, 9.17) is 16.3 Å². The Labute approximate surface area is 175 Å². The van der Waals surface area contributed by atoms with Crippen molar-refractivity contribution in [3.8, 4) is 11.4 Å². The molecule has 0 spiro atoms. The summed E-state index contributed by atoms with van der Waals surface area (Å²) >= 11 is 5.91. The molecule has 0 amide bonds. The van der Waals surface area contributed by atoms with Gasteiger partial charge in [-0.15, -0.1) is 0 Å². The second-order valence-electron chi connectivity index (χ2n) is 7.10. The van der Waals surface area contributed by atoms with Crippen LogP contribution in [0.1, 0.15) is 6.42 Å². The summed E-state index contributed by atoms with van der Waals surface area (Å²) < 4.78 is 26.0. The molecule has 2 aromatic heterocycles. The predicted molar refractivity (Wildman–Crippen MR) is 109 cm³/mol. The van der Waals surface area contributed by atoms with Crippen LogP contribution >= 0.6 is 11.6 Å². The summed E-state index contributed by atoms with van der Waals surface area (Å²) in [6, 6.07) is 3.07. The molecular formula is C20H20ClFN4O4. The van der Waals surface area contributed by atoms with Gasteiger partial charge in [0.15, 0.2) is 5.82 Å². The Balaban J connectivity index is 1.58. The first-order valence-electron chi connectivity index (χ1n) is 9.53. The van der Waals surface area contributed by atoms with Gasteiger partial charge < -0.3 is 14.6 Å². The van der Waals surface area contributed by atoms with Crippen molar-refractivity contribution in [3.63, 3.8) is 0 Å². The van der Waals surface area contributed by atoms with Gasteiger partial charge in [-0.2, -0.15) is 0 Å². The monoisotopic (exact) mass is 434 g/mol. The number of rotatable bonds is 4. The Hall–Kier alpha value is -2.75. The summed E-state index contributed by atoms with van der Waals surface area (Å²) in [7, 11) is 0. The zero-order chi connectivity index (χ0) is 21.1. The minimum atomic E-state index is -0.686. The molecule has 1 aliphatic carbocycles. The van der Waals surface area contributed by atoms with Crippen molar-refractivity contribution in [1.29, 1.82) is 0 Å². The van der Waals surface area contributed by atoms with Gasteiger partial charge in [-0.05, 0) is 17.7 Å². The number of ether oxygens (including phenoxy) is 1. The van der Waals surface area contributed by atoms with Gasteiger partial charge in [0.05, 0.1) is 17.7 Å². The molecule has 1 aliphatic heterocycles. The molecule has 1 saturated heterocycles. The number of nitrogens with zero attached hydrogens (tertiary/aromatic N) is 2. The molecule has 4 rings (SSSR count). The van der Waals surface area contributed by atoms with E-state index < -0.39 is 5.76 Å². The quantitative estimate of drug-likeness (QED) is 0.764. The topological polar surface area (TPSA) is 102 Å². The molecule has 2 N–H and O–H groups in total. The van der Waals surface area contributed by atoms with Crippen LogP contribution < -0.4 is 16.6 Å². The zero-order valence-electron chi connectivity index (χ0n) is 15.9. The average Bonchev–Trinajstić information content (AvgIpc) is 2.94. The van der Waals surface area contributed by atoms with Crippen LogP contribution in [0.25, 0.3) is 11.4 Å². The first-order chi connectivity index (χ1) is 14.5. The number of allylic oxidation sites excluding steroid dienone is 4. The average molecular weight is 435 g/mol. The van der Waals surface area contributed by atoms with Gasteiger partial charge in [0.2, 0.25) is 0 Å². The molecule has 30 heavy (non-hydrogen) atoms. The highest BCUT2D eigenvalue weighted by atomic mass is 35.5. The number of pyridine rings is 1. The Morgan fingerprint density at radius 2 is 2.20 bits per heavy atom. The smallest absolute Gasteiger partial charge is 0.372 e. The number of aromatic nitrogens is 3. The maximum absolute atomic E-state index is 13.9. The first-order valence-corrected chi connectivity index (χ1v) is 9.90. The van der Waals surface area contributed by atoms with Gasteiger partial charge in [-0.25, -0.2) is 9.18 Å². The standard InChI is InChI=1S/C20H20ClFN4O4/c21-15-3-1-12(2-4-16(15)22)18-14(10-23-6-8-29-18)11-26-7-5-13(9-17(26)27)19-24-20(28)30-25-19/h1-3,5,7,9,14,18,23H,4,6,8,10-11H2,(H,24,25,28). The Morgan fingerprint density at radius 3 is 2.97 bits per heavy atom. The number of hydrogen-bond donors (Lipinski definition) is 2. The fraction of sp³-hybridized carbons (Fsp3) is 0.350. The van der Waals surface area contributed by atoms with Crippen LogP contribution in [0.2, 0.25) is 0 Å². The molecule has 3 heterocycles. The van der Waals surface area contributed by atoms with Gasteiger partial charge in [0.25, 0.3) is 5.56 Å². The van der Waals surface area contributed by atoms with Crippen molar-refractivity contribution >= 4 is 11.6 Å². The SMILES string of the molecule is O=c1[nH]c(-c2ccn(CC3CNCCOC3C3=CCC(F)=C(Cl)C=C3)c(=O)c2)no1. The van der Waals surface area contributed by atoms with Gasteiger partial charge in [0, 0.05) is 49.8 Å². The number of nitrogens with one attached hydrogen (secondary N) is 2. The molecule has 2 atom stereocenters. The van der Waals surface area contributed by atoms with E-state index in [0.29, 0.717) is 31.8 Å². The summed E-state index contributed by atoms with van der Waals surface area (Å²) in [4.78, 5) is 26.2. The number of hydrogen-bond acceptors (Lipinski definition) is 6. The highest BCUT2D eigenvalue weighted by Crippen LogP contribution is 2.27. The van der Waals surface area contributed by atoms with Crippen LogP contribution in [-0.2, 0) is 11.3 Å². The van der Waals surface area contributed by atoms with Crippen LogP contribution in [0.5, 0.6) is 0 Å². The summed E-state index contributed by atoms with van der Waals surface area (Å²) in [5.74, 6) is -0.945. The van der Waals surface area contributed by atoms with E-state index in [2.05, 4.69) is 20.0 Å². The lowest BCUT2D eigenvalue weighted by Crippen LogP contribution is -2.36. The largest absolute Gasteiger partial charge is 0.439 e. The van der Waals surface area contributed by atoms with Crippen LogP contribution in [0, 0.1) is 5.92 Å². The molecule has 0 bridgehead atoms. The van der Waals surface area contributed by atoms with Crippen molar-refractivity contribution in [2.24, 2.45) is 5.92 Å². The fourth-order valence-corrected chi connectivity index (χ4v) is 3.71. The molecule has 1 fully saturated rings. The zero-order valence-corrected chi connectivity index (χ0v) is 16.7. The second kappa shape index (κ2) is 8.95. The lowest BCUT2D eigenvalue weighted by Gasteiger charge is -2.26. The normalized spacial score (nSPS) is 22.5. The van der Waals surface area contributed by atoms with Crippen LogP contribution in [0.3, 0.4) is 0 Å². The Morgan fingerprint density at radius 1 is 1.33 bits per heavy atom. The van der Waals surface area contributed by atoms with Gasteiger partial charge >= 0.3 is 5.76 Å². The second-order valence-corrected chi connectivity index (χ2v) is 7.51. The summed E-state index contributed by atoms with van der Waals surface area (Å²) in [5.41, 5.74) is 1.04. The molecule has 0 radical (unpaired) electrons. The summed E-state index contributed by atoms with van der Waals surface area (Å²) in [5, 5.41) is 7.00. The minimum Gasteiger partial charge on any atom is -0.372 e. The molecule has 158 valence electrons. The van der Waals surface area contributed by atoms with E-state index in [1.54, 1.807) is 29.0 Å². The van der Waals surface area contributed by atoms with Gasteiger partial charge in [-0.1, -0.05) is 28.9 Å². The van der Waals surface area contributed by atoms with E-state index >= 15 is 0 Å². The van der Waals surface area contributed by atoms with Crippen molar-refractivity contribution in [1.82, 2.24) is 20.0 Å². The first kappa shape index (κ1) is 20.5. The number of halogens is 2. The van der Waals surface area contributed by atoms with Crippen molar-refractivity contribution in [2.75, 3.05) is 19.7 Å². The third kappa shape index (κ3) is 4.53. The molecular weight excluding hydrogens is 415 g/mol. The summed E-state index contributed by atoms with van der Waals surface area (Å²) in [6.07, 6.45) is 6.51. The maximum Gasteiger partial charge on any atom is 0.439 e. The minimum absolute atomic E-state index is 0.0706. The third-order valence-electron chi connectivity index (χ3n) is 5.08. The van der Waals surface area contributed by atoms with E-state index in [1.807, 2.05) is 0 Å². The van der Waals surface area contributed by atoms with Crippen LogP contribution in [0.15, 0.2) is 67.1 Å². The highest BCUT2D eigenvalue weighted by molar-refractivity contribution is 6.31. The number of aromatic amines is 1. The van der Waals surface area contributed by atoms with E-state index in [0.717, 1.165) is 5.57 Å². The molecule has 10 heteroatoms. The lowest BCUT2D eigenvalue weighted by molar-refractivity contribution is 0.0543. The van der Waals surface area contributed by atoms with Crippen molar-refractivity contribution in [2.45, 2.75) is 19.1 Å². The van der Waals surface area contributed by atoms with E-state index in [1.165, 1.54) is 12.1 Å². The Kier molecular flexibility index (Phi) is 6.12. The van der Waals surface area contributed by atoms with Gasteiger partial charge in [0.1, 0.15) is 5.83 Å². The molecule has 0 aromatic carbocycles. The molecule has 0 saturated carbocycles. The third-order valence-corrected chi connectivity index (χ3v) is 5.41. The molecule has 2 aromatic rings.